The molecule has 2 aromatic rings. The zero-order valence-electron chi connectivity index (χ0n) is 11.6. The van der Waals surface area contributed by atoms with Crippen LogP contribution in [-0.4, -0.2) is 21.1 Å². The second kappa shape index (κ2) is 6.30. The normalized spacial score (nSPS) is 16.6. The van der Waals surface area contributed by atoms with Gasteiger partial charge in [0, 0.05) is 11.5 Å². The van der Waals surface area contributed by atoms with Crippen molar-refractivity contribution in [2.75, 3.05) is 0 Å². The molecule has 0 bridgehead atoms. The summed E-state index contributed by atoms with van der Waals surface area (Å²) in [6, 6.07) is 6.53. The van der Waals surface area contributed by atoms with Crippen molar-refractivity contribution in [2.24, 2.45) is 5.10 Å². The van der Waals surface area contributed by atoms with Gasteiger partial charge in [-0.15, -0.1) is 0 Å². The minimum atomic E-state index is -0.296. The van der Waals surface area contributed by atoms with Gasteiger partial charge in [-0.25, -0.2) is 4.39 Å². The number of benzene rings is 1. The largest absolute Gasteiger partial charge is 0.250 e. The van der Waals surface area contributed by atoms with E-state index in [4.69, 9.17) is 12.2 Å². The highest BCUT2D eigenvalue weighted by Gasteiger charge is 2.21. The first-order valence-corrected chi connectivity index (χ1v) is 7.63. The van der Waals surface area contributed by atoms with E-state index in [1.807, 2.05) is 0 Å². The van der Waals surface area contributed by atoms with Crippen LogP contribution in [0.1, 0.15) is 49.4 Å². The summed E-state index contributed by atoms with van der Waals surface area (Å²) in [5.74, 6) is 0.937. The van der Waals surface area contributed by atoms with Crippen LogP contribution in [0.2, 0.25) is 0 Å². The maximum absolute atomic E-state index is 13.6. The van der Waals surface area contributed by atoms with Gasteiger partial charge in [-0.2, -0.15) is 14.9 Å². The quantitative estimate of drug-likeness (QED) is 0.688. The third kappa shape index (κ3) is 3.10. The number of nitrogens with one attached hydrogen (secondary N) is 1. The molecule has 0 aliphatic heterocycles. The van der Waals surface area contributed by atoms with Crippen LogP contribution in [0.5, 0.6) is 0 Å². The maximum Gasteiger partial charge on any atom is 0.216 e. The minimum absolute atomic E-state index is 0.296. The molecule has 6 heteroatoms. The number of nitrogens with zero attached hydrogens (tertiary/aromatic N) is 3. The molecule has 1 saturated carbocycles. The number of H-pyrrole nitrogens is 1. The molecule has 0 unspecified atom stereocenters. The van der Waals surface area contributed by atoms with Crippen LogP contribution in [-0.2, 0) is 0 Å². The van der Waals surface area contributed by atoms with Gasteiger partial charge in [0.05, 0.1) is 6.21 Å². The lowest BCUT2D eigenvalue weighted by Crippen LogP contribution is -2.10. The monoisotopic (exact) mass is 304 g/mol. The molecule has 21 heavy (non-hydrogen) atoms. The summed E-state index contributed by atoms with van der Waals surface area (Å²) in [6.45, 7) is 0. The molecule has 0 spiro atoms. The second-order valence-electron chi connectivity index (χ2n) is 5.30. The van der Waals surface area contributed by atoms with Crippen LogP contribution in [0.15, 0.2) is 29.4 Å². The molecule has 0 radical (unpaired) electrons. The summed E-state index contributed by atoms with van der Waals surface area (Å²) in [7, 11) is 0. The Bertz CT molecular complexity index is 698. The zero-order chi connectivity index (χ0) is 14.7. The highest BCUT2D eigenvalue weighted by molar-refractivity contribution is 7.71. The van der Waals surface area contributed by atoms with E-state index in [2.05, 4.69) is 15.3 Å². The number of hydrogen-bond acceptors (Lipinski definition) is 3. The predicted molar refractivity (Wildman–Crippen MR) is 82.6 cm³/mol. The Balaban J connectivity index is 1.90. The van der Waals surface area contributed by atoms with Gasteiger partial charge in [0.2, 0.25) is 4.77 Å². The fraction of sp³-hybridized carbons (Fsp3) is 0.400. The van der Waals surface area contributed by atoms with Crippen molar-refractivity contribution in [1.82, 2.24) is 14.9 Å². The van der Waals surface area contributed by atoms with Crippen LogP contribution in [0.25, 0.3) is 0 Å². The number of aromatic nitrogens is 3. The van der Waals surface area contributed by atoms with E-state index in [0.717, 1.165) is 18.7 Å². The Morgan fingerprint density at radius 3 is 2.81 bits per heavy atom. The molecule has 4 nitrogen and oxygen atoms in total. The van der Waals surface area contributed by atoms with Crippen molar-refractivity contribution in [2.45, 2.75) is 38.0 Å². The summed E-state index contributed by atoms with van der Waals surface area (Å²) in [6.07, 6.45) is 7.40. The Kier molecular flexibility index (Phi) is 4.24. The zero-order valence-corrected chi connectivity index (χ0v) is 12.4. The molecule has 1 N–H and O–H groups in total. The fourth-order valence-electron chi connectivity index (χ4n) is 2.74. The Hall–Kier alpha value is -1.82. The summed E-state index contributed by atoms with van der Waals surface area (Å²) in [5, 5.41) is 11.4. The van der Waals surface area contributed by atoms with Crippen molar-refractivity contribution in [1.29, 1.82) is 0 Å². The molecule has 110 valence electrons. The molecule has 1 aliphatic rings. The maximum atomic E-state index is 13.6. The van der Waals surface area contributed by atoms with Gasteiger partial charge in [-0.1, -0.05) is 37.5 Å². The molecule has 1 aromatic heterocycles. The second-order valence-corrected chi connectivity index (χ2v) is 5.69. The third-order valence-electron chi connectivity index (χ3n) is 3.86. The summed E-state index contributed by atoms with van der Waals surface area (Å²) in [5.41, 5.74) is 0.440. The Morgan fingerprint density at radius 1 is 1.29 bits per heavy atom. The first-order valence-electron chi connectivity index (χ1n) is 7.22. The van der Waals surface area contributed by atoms with Gasteiger partial charge in [0.25, 0.3) is 0 Å². The molecule has 0 atom stereocenters. The Labute approximate surface area is 127 Å². The molecule has 1 heterocycles. The molecule has 1 aliphatic carbocycles. The van der Waals surface area contributed by atoms with Gasteiger partial charge >= 0.3 is 0 Å². The lowest BCUT2D eigenvalue weighted by Gasteiger charge is -2.19. The van der Waals surface area contributed by atoms with E-state index in [0.29, 0.717) is 16.3 Å². The lowest BCUT2D eigenvalue weighted by molar-refractivity contribution is 0.419. The molecular formula is C15H17FN4S. The first kappa shape index (κ1) is 14.1. The molecule has 1 fully saturated rings. The van der Waals surface area contributed by atoms with Crippen LogP contribution >= 0.6 is 12.2 Å². The Morgan fingerprint density at radius 2 is 2.05 bits per heavy atom. The molecule has 1 aromatic carbocycles. The third-order valence-corrected chi connectivity index (χ3v) is 4.13. The van der Waals surface area contributed by atoms with Crippen molar-refractivity contribution in [3.8, 4) is 0 Å². The van der Waals surface area contributed by atoms with Crippen LogP contribution in [0, 0.1) is 10.6 Å². The highest BCUT2D eigenvalue weighted by atomic mass is 32.1. The number of rotatable bonds is 3. The van der Waals surface area contributed by atoms with Gasteiger partial charge in [0.1, 0.15) is 5.82 Å². The first-order chi connectivity index (χ1) is 10.3. The summed E-state index contributed by atoms with van der Waals surface area (Å²) >= 11 is 5.23. The van der Waals surface area contributed by atoms with Gasteiger partial charge in [-0.3, -0.25) is 5.10 Å². The molecule has 0 saturated heterocycles. The molecule has 0 amide bonds. The summed E-state index contributed by atoms with van der Waals surface area (Å²) in [4.78, 5) is 0. The average molecular weight is 304 g/mol. The fourth-order valence-corrected chi connectivity index (χ4v) is 2.93. The average Bonchev–Trinajstić information content (AvgIpc) is 2.88. The smallest absolute Gasteiger partial charge is 0.216 e. The van der Waals surface area contributed by atoms with E-state index >= 15 is 0 Å². The van der Waals surface area contributed by atoms with E-state index in [9.17, 15) is 4.39 Å². The summed E-state index contributed by atoms with van der Waals surface area (Å²) < 4.78 is 15.7. The van der Waals surface area contributed by atoms with E-state index in [-0.39, 0.29) is 5.82 Å². The topological polar surface area (TPSA) is 46.0 Å². The SMILES string of the molecule is Fc1ccccc1/C=N\n1c(C2CCCCC2)n[nH]c1=S. The minimum Gasteiger partial charge on any atom is -0.250 e. The van der Waals surface area contributed by atoms with Crippen molar-refractivity contribution < 1.29 is 4.39 Å². The van der Waals surface area contributed by atoms with Gasteiger partial charge in [-0.05, 0) is 31.1 Å². The highest BCUT2D eigenvalue weighted by Crippen LogP contribution is 2.31. The van der Waals surface area contributed by atoms with Crippen LogP contribution < -0.4 is 0 Å². The van der Waals surface area contributed by atoms with Gasteiger partial charge < -0.3 is 0 Å². The van der Waals surface area contributed by atoms with Crippen molar-refractivity contribution >= 4 is 18.4 Å². The van der Waals surface area contributed by atoms with E-state index in [1.165, 1.54) is 31.5 Å². The van der Waals surface area contributed by atoms with Crippen LogP contribution in [0.4, 0.5) is 4.39 Å². The van der Waals surface area contributed by atoms with Crippen LogP contribution in [0.3, 0.4) is 0 Å². The van der Waals surface area contributed by atoms with E-state index in [1.54, 1.807) is 22.9 Å². The molecule has 3 rings (SSSR count). The lowest BCUT2D eigenvalue weighted by atomic mass is 9.89. The number of hydrogen-bond donors (Lipinski definition) is 1. The number of halogens is 1. The van der Waals surface area contributed by atoms with Gasteiger partial charge in [0.15, 0.2) is 5.82 Å². The standard InChI is InChI=1S/C15H17FN4S/c16-13-9-5-4-8-12(13)10-17-20-14(18-19-15(20)21)11-6-2-1-3-7-11/h4-5,8-11H,1-3,6-7H2,(H,19,21)/b17-10-. The van der Waals surface area contributed by atoms with Crippen molar-refractivity contribution in [3.63, 3.8) is 0 Å². The molecular weight excluding hydrogens is 287 g/mol. The van der Waals surface area contributed by atoms with Crippen molar-refractivity contribution in [3.05, 3.63) is 46.2 Å². The van der Waals surface area contributed by atoms with E-state index < -0.39 is 0 Å². The predicted octanol–water partition coefficient (Wildman–Crippen LogP) is 4.01. The number of aromatic amines is 1.